The molecule has 0 aromatic heterocycles. The first-order valence-electron chi connectivity index (χ1n) is 6.70. The van der Waals surface area contributed by atoms with E-state index in [-0.39, 0.29) is 0 Å². The maximum atomic E-state index is 11.2. The van der Waals surface area contributed by atoms with E-state index in [0.29, 0.717) is 12.5 Å². The minimum absolute atomic E-state index is 0.442. The third-order valence-electron chi connectivity index (χ3n) is 2.77. The van der Waals surface area contributed by atoms with E-state index >= 15 is 0 Å². The van der Waals surface area contributed by atoms with Crippen molar-refractivity contribution < 1.29 is 19.4 Å². The van der Waals surface area contributed by atoms with Crippen molar-refractivity contribution in [1.29, 1.82) is 0 Å². The standard InChI is InChI=1S/C13H25NO4/c1-3-5-6-8-11(7-4-2)9-14-13(17)18-10-12(15)16/h11H,3-10H2,1-2H3,(H,14,17)(H,15,16)/p-1. The van der Waals surface area contributed by atoms with Gasteiger partial charge in [-0.25, -0.2) is 4.79 Å². The molecule has 0 aliphatic carbocycles. The van der Waals surface area contributed by atoms with Gasteiger partial charge in [0.2, 0.25) is 0 Å². The fraction of sp³-hybridized carbons (Fsp3) is 0.846. The number of hydrogen-bond acceptors (Lipinski definition) is 4. The van der Waals surface area contributed by atoms with Crippen molar-refractivity contribution in [3.63, 3.8) is 0 Å². The Bertz CT molecular complexity index is 243. The lowest BCUT2D eigenvalue weighted by atomic mass is 9.96. The van der Waals surface area contributed by atoms with Crippen LogP contribution in [0, 0.1) is 5.92 Å². The number of carboxylic acids is 1. The van der Waals surface area contributed by atoms with Crippen LogP contribution in [0.1, 0.15) is 52.4 Å². The molecule has 1 unspecified atom stereocenters. The average Bonchev–Trinajstić information content (AvgIpc) is 2.33. The largest absolute Gasteiger partial charge is 0.546 e. The number of unbranched alkanes of at least 4 members (excludes halogenated alkanes) is 2. The Balaban J connectivity index is 3.79. The molecular weight excluding hydrogens is 234 g/mol. The summed E-state index contributed by atoms with van der Waals surface area (Å²) < 4.78 is 4.45. The predicted molar refractivity (Wildman–Crippen MR) is 66.9 cm³/mol. The fourth-order valence-electron chi connectivity index (χ4n) is 1.84. The number of carbonyl (C=O) groups is 2. The van der Waals surface area contributed by atoms with Gasteiger partial charge in [-0.15, -0.1) is 0 Å². The third kappa shape index (κ3) is 9.93. The van der Waals surface area contributed by atoms with Crippen LogP contribution in [0.25, 0.3) is 0 Å². The molecule has 0 saturated carbocycles. The van der Waals surface area contributed by atoms with Gasteiger partial charge in [-0.3, -0.25) is 0 Å². The zero-order chi connectivity index (χ0) is 13.8. The number of hydrogen-bond donors (Lipinski definition) is 1. The predicted octanol–water partition coefficient (Wildman–Crippen LogP) is 1.46. The van der Waals surface area contributed by atoms with Gasteiger partial charge in [-0.2, -0.15) is 0 Å². The number of amides is 1. The van der Waals surface area contributed by atoms with Crippen LogP contribution in [-0.2, 0) is 9.53 Å². The first-order chi connectivity index (χ1) is 8.60. The summed E-state index contributed by atoms with van der Waals surface area (Å²) in [5.74, 6) is -0.949. The molecule has 5 heteroatoms. The van der Waals surface area contributed by atoms with Crippen LogP contribution in [0.3, 0.4) is 0 Å². The summed E-state index contributed by atoms with van der Waals surface area (Å²) in [6.45, 7) is 4.12. The monoisotopic (exact) mass is 258 g/mol. The van der Waals surface area contributed by atoms with Gasteiger partial charge in [-0.05, 0) is 18.8 Å². The van der Waals surface area contributed by atoms with Crippen LogP contribution in [-0.4, -0.2) is 25.2 Å². The molecule has 1 atom stereocenters. The Labute approximate surface area is 109 Å². The highest BCUT2D eigenvalue weighted by Gasteiger charge is 2.10. The van der Waals surface area contributed by atoms with Crippen LogP contribution >= 0.6 is 0 Å². The molecule has 1 amide bonds. The average molecular weight is 258 g/mol. The van der Waals surface area contributed by atoms with Gasteiger partial charge in [0.1, 0.15) is 6.61 Å². The van der Waals surface area contributed by atoms with Crippen LogP contribution in [0.2, 0.25) is 0 Å². The molecule has 0 rings (SSSR count). The Morgan fingerprint density at radius 1 is 1.17 bits per heavy atom. The normalized spacial score (nSPS) is 11.9. The van der Waals surface area contributed by atoms with E-state index in [9.17, 15) is 14.7 Å². The summed E-state index contributed by atoms with van der Waals surface area (Å²) >= 11 is 0. The number of carbonyl (C=O) groups excluding carboxylic acids is 2. The summed E-state index contributed by atoms with van der Waals surface area (Å²) in [7, 11) is 0. The summed E-state index contributed by atoms with van der Waals surface area (Å²) in [6.07, 6.45) is 6.09. The minimum atomic E-state index is -1.39. The van der Waals surface area contributed by atoms with Gasteiger partial charge in [0, 0.05) is 6.54 Å². The lowest BCUT2D eigenvalue weighted by molar-refractivity contribution is -0.308. The summed E-state index contributed by atoms with van der Waals surface area (Å²) in [5.41, 5.74) is 0. The van der Waals surface area contributed by atoms with Crippen molar-refractivity contribution in [1.82, 2.24) is 5.32 Å². The second kappa shape index (κ2) is 10.9. The van der Waals surface area contributed by atoms with Crippen molar-refractivity contribution in [2.45, 2.75) is 52.4 Å². The second-order valence-electron chi connectivity index (χ2n) is 4.48. The number of nitrogens with one attached hydrogen (secondary N) is 1. The van der Waals surface area contributed by atoms with Crippen LogP contribution in [0.4, 0.5) is 4.79 Å². The molecule has 0 radical (unpaired) electrons. The molecule has 1 N–H and O–H groups in total. The maximum Gasteiger partial charge on any atom is 0.407 e. The van der Waals surface area contributed by atoms with Crippen molar-refractivity contribution >= 4 is 12.1 Å². The number of rotatable bonds is 10. The third-order valence-corrected chi connectivity index (χ3v) is 2.77. The lowest BCUT2D eigenvalue weighted by Gasteiger charge is -2.16. The zero-order valence-corrected chi connectivity index (χ0v) is 11.4. The highest BCUT2D eigenvalue weighted by molar-refractivity contribution is 5.72. The molecule has 0 aliphatic rings. The zero-order valence-electron chi connectivity index (χ0n) is 11.4. The molecule has 18 heavy (non-hydrogen) atoms. The van der Waals surface area contributed by atoms with Gasteiger partial charge < -0.3 is 20.0 Å². The molecular formula is C13H24NO4-. The minimum Gasteiger partial charge on any atom is -0.546 e. The van der Waals surface area contributed by atoms with E-state index in [2.05, 4.69) is 23.9 Å². The molecule has 0 saturated heterocycles. The van der Waals surface area contributed by atoms with E-state index in [1.807, 2.05) is 0 Å². The number of carboxylic acid groups (broad SMARTS) is 1. The van der Waals surface area contributed by atoms with Gasteiger partial charge in [0.15, 0.2) is 0 Å². The van der Waals surface area contributed by atoms with Crippen LogP contribution in [0.15, 0.2) is 0 Å². The number of aliphatic carboxylic acids is 1. The topological polar surface area (TPSA) is 78.5 Å². The Morgan fingerprint density at radius 3 is 2.44 bits per heavy atom. The molecule has 0 fully saturated rings. The highest BCUT2D eigenvalue weighted by atomic mass is 16.6. The maximum absolute atomic E-state index is 11.2. The number of alkyl carbamates (subject to hydrolysis) is 1. The van der Waals surface area contributed by atoms with Crippen molar-refractivity contribution in [3.8, 4) is 0 Å². The highest BCUT2D eigenvalue weighted by Crippen LogP contribution is 2.14. The smallest absolute Gasteiger partial charge is 0.407 e. The van der Waals surface area contributed by atoms with E-state index < -0.39 is 18.7 Å². The first kappa shape index (κ1) is 16.7. The Kier molecular flexibility index (Phi) is 10.1. The van der Waals surface area contributed by atoms with Crippen LogP contribution in [0.5, 0.6) is 0 Å². The van der Waals surface area contributed by atoms with E-state index in [1.165, 1.54) is 12.8 Å². The lowest BCUT2D eigenvalue weighted by Crippen LogP contribution is -2.34. The van der Waals surface area contributed by atoms with Crippen molar-refractivity contribution in [2.24, 2.45) is 5.92 Å². The first-order valence-corrected chi connectivity index (χ1v) is 6.70. The fourth-order valence-corrected chi connectivity index (χ4v) is 1.84. The second-order valence-corrected chi connectivity index (χ2v) is 4.48. The molecule has 0 aliphatic heterocycles. The van der Waals surface area contributed by atoms with E-state index in [1.54, 1.807) is 0 Å². The van der Waals surface area contributed by atoms with E-state index in [4.69, 9.17) is 0 Å². The Morgan fingerprint density at radius 2 is 1.89 bits per heavy atom. The molecule has 106 valence electrons. The van der Waals surface area contributed by atoms with Gasteiger partial charge >= 0.3 is 6.09 Å². The molecule has 0 aromatic carbocycles. The van der Waals surface area contributed by atoms with Gasteiger partial charge in [0.05, 0.1) is 5.97 Å². The summed E-state index contributed by atoms with van der Waals surface area (Å²) in [4.78, 5) is 21.3. The van der Waals surface area contributed by atoms with Gasteiger partial charge in [-0.1, -0.05) is 39.5 Å². The van der Waals surface area contributed by atoms with Crippen molar-refractivity contribution in [2.75, 3.05) is 13.2 Å². The quantitative estimate of drug-likeness (QED) is 0.602. The summed E-state index contributed by atoms with van der Waals surface area (Å²) in [6, 6.07) is 0. The Hall–Kier alpha value is -1.26. The molecule has 0 spiro atoms. The molecule has 0 heterocycles. The van der Waals surface area contributed by atoms with Crippen molar-refractivity contribution in [3.05, 3.63) is 0 Å². The molecule has 5 nitrogen and oxygen atoms in total. The molecule has 0 aromatic rings. The van der Waals surface area contributed by atoms with E-state index in [0.717, 1.165) is 25.7 Å². The SMILES string of the molecule is CCCCCC(CCC)CNC(=O)OCC(=O)[O-]. The van der Waals surface area contributed by atoms with Crippen LogP contribution < -0.4 is 10.4 Å². The molecule has 0 bridgehead atoms. The summed E-state index contributed by atoms with van der Waals surface area (Å²) in [5, 5.41) is 12.7. The van der Waals surface area contributed by atoms with Gasteiger partial charge in [0.25, 0.3) is 0 Å². The number of ether oxygens (including phenoxy) is 1.